The smallest absolute Gasteiger partial charge is 0.286 e. The molecule has 5 heteroatoms. The van der Waals surface area contributed by atoms with Crippen molar-refractivity contribution in [3.05, 3.63) is 47.7 Å². The van der Waals surface area contributed by atoms with Crippen LogP contribution in [0.2, 0.25) is 0 Å². The minimum atomic E-state index is -0.323. The van der Waals surface area contributed by atoms with Crippen LogP contribution in [0.3, 0.4) is 0 Å². The number of benzene rings is 1. The maximum absolute atomic E-state index is 11.8. The third kappa shape index (κ3) is 3.98. The summed E-state index contributed by atoms with van der Waals surface area (Å²) in [6.07, 6.45) is 7.16. The molecule has 4 nitrogen and oxygen atoms in total. The van der Waals surface area contributed by atoms with Crippen LogP contribution in [0.5, 0.6) is 0 Å². The largest absolute Gasteiger partial charge is 0.345 e. The molecule has 0 radical (unpaired) electrons. The summed E-state index contributed by atoms with van der Waals surface area (Å²) in [7, 11) is 0. The van der Waals surface area contributed by atoms with E-state index in [9.17, 15) is 9.59 Å². The molecule has 1 aliphatic rings. The summed E-state index contributed by atoms with van der Waals surface area (Å²) in [5, 5.41) is 2.97. The number of hydrogen-bond acceptors (Lipinski definition) is 3. The van der Waals surface area contributed by atoms with Crippen LogP contribution in [0.15, 0.2) is 42.1 Å². The van der Waals surface area contributed by atoms with Crippen molar-refractivity contribution in [3.63, 3.8) is 0 Å². The molecule has 2 unspecified atom stereocenters. The molecule has 1 aromatic heterocycles. The van der Waals surface area contributed by atoms with Crippen LogP contribution < -0.4 is 5.32 Å². The number of carbonyl (C=O) groups excluding carboxylic acids is 2. The van der Waals surface area contributed by atoms with Crippen molar-refractivity contribution in [2.45, 2.75) is 51.3 Å². The Hall–Kier alpha value is -2.01. The van der Waals surface area contributed by atoms with Gasteiger partial charge in [0.15, 0.2) is 0 Å². The Kier molecular flexibility index (Phi) is 5.33. The molecule has 132 valence electrons. The fourth-order valence-electron chi connectivity index (χ4n) is 3.29. The van der Waals surface area contributed by atoms with Gasteiger partial charge in [0.25, 0.3) is 5.24 Å². The monoisotopic (exact) mass is 356 g/mol. The van der Waals surface area contributed by atoms with E-state index in [1.54, 1.807) is 0 Å². The maximum atomic E-state index is 11.8. The van der Waals surface area contributed by atoms with Gasteiger partial charge in [-0.25, -0.2) is 0 Å². The van der Waals surface area contributed by atoms with Gasteiger partial charge < -0.3 is 4.57 Å². The minimum Gasteiger partial charge on any atom is -0.345 e. The van der Waals surface area contributed by atoms with E-state index in [1.165, 1.54) is 16.5 Å². The van der Waals surface area contributed by atoms with Gasteiger partial charge in [-0.2, -0.15) is 0 Å². The average Bonchev–Trinajstić information content (AvgIpc) is 3.11. The van der Waals surface area contributed by atoms with E-state index in [-0.39, 0.29) is 16.4 Å². The van der Waals surface area contributed by atoms with Crippen LogP contribution in [0, 0.1) is 0 Å². The first-order valence-electron chi connectivity index (χ1n) is 8.69. The van der Waals surface area contributed by atoms with Gasteiger partial charge in [0.05, 0.1) is 5.25 Å². The lowest BCUT2D eigenvalue weighted by Crippen LogP contribution is -2.25. The van der Waals surface area contributed by atoms with Gasteiger partial charge in [0, 0.05) is 23.1 Å². The first-order valence-corrected chi connectivity index (χ1v) is 9.57. The lowest BCUT2D eigenvalue weighted by atomic mass is 10.0. The molecule has 1 N–H and O–H groups in total. The highest BCUT2D eigenvalue weighted by Gasteiger charge is 2.31. The van der Waals surface area contributed by atoms with E-state index in [4.69, 9.17) is 0 Å². The lowest BCUT2D eigenvalue weighted by molar-refractivity contribution is -0.118. The summed E-state index contributed by atoms with van der Waals surface area (Å²) < 4.78 is 2.31. The summed E-state index contributed by atoms with van der Waals surface area (Å²) in [5.41, 5.74) is 3.67. The van der Waals surface area contributed by atoms with Crippen molar-refractivity contribution < 1.29 is 9.59 Å². The van der Waals surface area contributed by atoms with Gasteiger partial charge in [0.2, 0.25) is 5.91 Å². The highest BCUT2D eigenvalue weighted by atomic mass is 32.2. The van der Waals surface area contributed by atoms with E-state index in [0.717, 1.165) is 30.2 Å². The lowest BCUT2D eigenvalue weighted by Gasteiger charge is -2.15. The summed E-state index contributed by atoms with van der Waals surface area (Å²) >= 11 is 1.09. The number of hydrogen-bond donors (Lipinski definition) is 1. The van der Waals surface area contributed by atoms with E-state index in [0.29, 0.717) is 12.5 Å². The zero-order valence-electron chi connectivity index (χ0n) is 14.9. The highest BCUT2D eigenvalue weighted by molar-refractivity contribution is 8.15. The SMILES string of the molecule is CC(C)=CCCC(C)n1ccc2c(CC3SC(=O)NC3=O)cccc21. The van der Waals surface area contributed by atoms with Crippen LogP contribution in [0.1, 0.15) is 45.2 Å². The number of fused-ring (bicyclic) bond motifs is 1. The van der Waals surface area contributed by atoms with E-state index >= 15 is 0 Å². The number of rotatable bonds is 6. The predicted octanol–water partition coefficient (Wildman–Crippen LogP) is 4.84. The molecular formula is C20H24N2O2S. The summed E-state index contributed by atoms with van der Waals surface area (Å²) in [4.78, 5) is 23.2. The molecule has 0 saturated carbocycles. The third-order valence-electron chi connectivity index (χ3n) is 4.64. The van der Waals surface area contributed by atoms with E-state index in [1.807, 2.05) is 6.07 Å². The molecule has 1 aliphatic heterocycles. The summed E-state index contributed by atoms with van der Waals surface area (Å²) in [6, 6.07) is 8.76. The Morgan fingerprint density at radius 1 is 1.32 bits per heavy atom. The van der Waals surface area contributed by atoms with E-state index < -0.39 is 0 Å². The Bertz CT molecular complexity index is 833. The topological polar surface area (TPSA) is 51.1 Å². The molecule has 0 aliphatic carbocycles. The second-order valence-corrected chi connectivity index (χ2v) is 8.04. The molecular weight excluding hydrogens is 332 g/mol. The van der Waals surface area contributed by atoms with Crippen LogP contribution in [-0.4, -0.2) is 21.0 Å². The number of amides is 2. The highest BCUT2D eigenvalue weighted by Crippen LogP contribution is 2.29. The third-order valence-corrected chi connectivity index (χ3v) is 5.62. The Labute approximate surface area is 152 Å². The van der Waals surface area contributed by atoms with Crippen molar-refractivity contribution in [1.29, 1.82) is 0 Å². The van der Waals surface area contributed by atoms with Gasteiger partial charge in [-0.1, -0.05) is 35.5 Å². The predicted molar refractivity (Wildman–Crippen MR) is 104 cm³/mol. The molecule has 1 saturated heterocycles. The number of allylic oxidation sites excluding steroid dienone is 2. The number of imide groups is 1. The second-order valence-electron chi connectivity index (χ2n) is 6.87. The van der Waals surface area contributed by atoms with E-state index in [2.05, 4.69) is 61.1 Å². The number of nitrogens with one attached hydrogen (secondary N) is 1. The molecule has 0 bridgehead atoms. The zero-order valence-corrected chi connectivity index (χ0v) is 15.7. The molecule has 2 atom stereocenters. The zero-order chi connectivity index (χ0) is 18.0. The first kappa shape index (κ1) is 17.8. The Morgan fingerprint density at radius 2 is 2.12 bits per heavy atom. The quantitative estimate of drug-likeness (QED) is 0.753. The molecule has 1 fully saturated rings. The average molecular weight is 356 g/mol. The molecule has 25 heavy (non-hydrogen) atoms. The van der Waals surface area contributed by atoms with Gasteiger partial charge in [-0.05, 0) is 57.7 Å². The van der Waals surface area contributed by atoms with Gasteiger partial charge in [-0.3, -0.25) is 14.9 Å². The van der Waals surface area contributed by atoms with Crippen molar-refractivity contribution >= 4 is 33.8 Å². The van der Waals surface area contributed by atoms with Crippen LogP contribution >= 0.6 is 11.8 Å². The first-order chi connectivity index (χ1) is 12.0. The van der Waals surface area contributed by atoms with Crippen LogP contribution in [0.25, 0.3) is 10.9 Å². The van der Waals surface area contributed by atoms with Crippen LogP contribution in [0.4, 0.5) is 4.79 Å². The molecule has 0 spiro atoms. The Balaban J connectivity index is 1.81. The van der Waals surface area contributed by atoms with Crippen molar-refractivity contribution in [1.82, 2.24) is 9.88 Å². The molecule has 1 aromatic carbocycles. The molecule has 3 rings (SSSR count). The maximum Gasteiger partial charge on any atom is 0.286 e. The summed E-state index contributed by atoms with van der Waals surface area (Å²) in [6.45, 7) is 6.50. The molecule has 2 heterocycles. The summed E-state index contributed by atoms with van der Waals surface area (Å²) in [5.74, 6) is -0.179. The normalized spacial score (nSPS) is 18.4. The standard InChI is InChI=1S/C20H24N2O2S/c1-13(2)6-4-7-14(3)22-11-10-16-15(8-5-9-17(16)22)12-18-19(23)21-20(24)25-18/h5-6,8-11,14,18H,4,7,12H2,1-3H3,(H,21,23,24). The number of nitrogens with zero attached hydrogens (tertiary/aromatic N) is 1. The van der Waals surface area contributed by atoms with Crippen LogP contribution in [-0.2, 0) is 11.2 Å². The van der Waals surface area contributed by atoms with Gasteiger partial charge >= 0.3 is 0 Å². The van der Waals surface area contributed by atoms with Gasteiger partial charge in [-0.15, -0.1) is 0 Å². The van der Waals surface area contributed by atoms with Gasteiger partial charge in [0.1, 0.15) is 0 Å². The van der Waals surface area contributed by atoms with Crippen molar-refractivity contribution in [3.8, 4) is 0 Å². The fourth-order valence-corrected chi connectivity index (χ4v) is 4.14. The molecule has 2 aromatic rings. The number of aromatic nitrogens is 1. The second kappa shape index (κ2) is 7.48. The molecule has 2 amide bonds. The Morgan fingerprint density at radius 3 is 2.80 bits per heavy atom. The fraction of sp³-hybridized carbons (Fsp3) is 0.400. The number of thioether (sulfide) groups is 1. The van der Waals surface area contributed by atoms with Crippen molar-refractivity contribution in [2.24, 2.45) is 0 Å². The van der Waals surface area contributed by atoms with Crippen molar-refractivity contribution in [2.75, 3.05) is 0 Å². The number of carbonyl (C=O) groups is 2. The minimum absolute atomic E-state index is 0.179.